The topological polar surface area (TPSA) is 24.4 Å². The molecule has 1 rings (SSSR count). The number of aliphatic imine (C=N–C) groups is 1. The molecule has 0 saturated heterocycles. The number of rotatable bonds is 1. The maximum atomic E-state index is 4.49. The molecule has 3 heteroatoms. The minimum Gasteiger partial charge on any atom is -0.363 e. The fourth-order valence-electron chi connectivity index (χ4n) is 0.975. The first-order chi connectivity index (χ1) is 5.49. The van der Waals surface area contributed by atoms with E-state index in [1.807, 2.05) is 11.8 Å². The van der Waals surface area contributed by atoms with Crippen LogP contribution in [0.2, 0.25) is 0 Å². The quantitative estimate of drug-likeness (QED) is 0.678. The Kier molecular flexibility index (Phi) is 3.04. The van der Waals surface area contributed by atoms with Crippen LogP contribution in [0.25, 0.3) is 0 Å². The van der Waals surface area contributed by atoms with Gasteiger partial charge in [0.1, 0.15) is 0 Å². The van der Waals surface area contributed by atoms with E-state index in [-0.39, 0.29) is 0 Å². The molecule has 0 aromatic rings. The first kappa shape index (κ1) is 9.90. The summed E-state index contributed by atoms with van der Waals surface area (Å²) in [6.45, 7) is 9.76. The second-order valence-corrected chi connectivity index (χ2v) is 5.34. The summed E-state index contributed by atoms with van der Waals surface area (Å²) >= 11 is 1.84. The Morgan fingerprint density at radius 2 is 2.17 bits per heavy atom. The Labute approximate surface area is 79.2 Å². The van der Waals surface area contributed by atoms with Crippen molar-refractivity contribution in [2.24, 2.45) is 10.4 Å². The van der Waals surface area contributed by atoms with Gasteiger partial charge in [0, 0.05) is 18.3 Å². The third-order valence-electron chi connectivity index (χ3n) is 1.66. The molecule has 0 bridgehead atoms. The molecule has 0 radical (unpaired) electrons. The van der Waals surface area contributed by atoms with Crippen LogP contribution in [0.4, 0.5) is 0 Å². The van der Waals surface area contributed by atoms with Gasteiger partial charge in [0.2, 0.25) is 0 Å². The molecule has 1 aliphatic rings. The molecule has 70 valence electrons. The highest BCUT2D eigenvalue weighted by Gasteiger charge is 2.23. The molecular formula is C9H18N2S. The van der Waals surface area contributed by atoms with Crippen molar-refractivity contribution in [2.45, 2.75) is 33.7 Å². The molecule has 1 N–H and O–H groups in total. The number of amidine groups is 1. The molecule has 0 aliphatic carbocycles. The molecule has 0 unspecified atom stereocenters. The standard InChI is InChI=1S/C9H18N2S/c1-7(2)11-8-10-5-9(3,4)6-12-8/h7H,5-6H2,1-4H3,(H,10,11). The average molecular weight is 186 g/mol. The number of nitrogens with zero attached hydrogens (tertiary/aromatic N) is 1. The van der Waals surface area contributed by atoms with E-state index in [0.29, 0.717) is 11.5 Å². The van der Waals surface area contributed by atoms with E-state index < -0.39 is 0 Å². The van der Waals surface area contributed by atoms with Gasteiger partial charge in [0.05, 0.1) is 0 Å². The van der Waals surface area contributed by atoms with Crippen molar-refractivity contribution in [3.63, 3.8) is 0 Å². The molecule has 1 heterocycles. The maximum absolute atomic E-state index is 4.49. The Morgan fingerprint density at radius 3 is 2.58 bits per heavy atom. The van der Waals surface area contributed by atoms with E-state index >= 15 is 0 Å². The summed E-state index contributed by atoms with van der Waals surface area (Å²) in [6, 6.07) is 0.498. The van der Waals surface area contributed by atoms with Crippen LogP contribution >= 0.6 is 11.8 Å². The highest BCUT2D eigenvalue weighted by molar-refractivity contribution is 8.13. The smallest absolute Gasteiger partial charge is 0.156 e. The minimum atomic E-state index is 0.382. The maximum Gasteiger partial charge on any atom is 0.156 e. The van der Waals surface area contributed by atoms with Crippen LogP contribution in [-0.2, 0) is 0 Å². The predicted molar refractivity (Wildman–Crippen MR) is 56.8 cm³/mol. The summed E-state index contributed by atoms with van der Waals surface area (Å²) in [5.41, 5.74) is 0.382. The first-order valence-electron chi connectivity index (χ1n) is 4.43. The van der Waals surface area contributed by atoms with Gasteiger partial charge in [-0.15, -0.1) is 0 Å². The molecule has 2 nitrogen and oxygen atoms in total. The van der Waals surface area contributed by atoms with Gasteiger partial charge in [-0.1, -0.05) is 25.6 Å². The predicted octanol–water partition coefficient (Wildman–Crippen LogP) is 2.11. The Hall–Kier alpha value is -0.180. The van der Waals surface area contributed by atoms with Gasteiger partial charge < -0.3 is 5.32 Å². The highest BCUT2D eigenvalue weighted by Crippen LogP contribution is 2.26. The van der Waals surface area contributed by atoms with Crippen molar-refractivity contribution in [3.05, 3.63) is 0 Å². The van der Waals surface area contributed by atoms with Gasteiger partial charge in [-0.05, 0) is 19.3 Å². The molecule has 0 fully saturated rings. The number of thioether (sulfide) groups is 1. The number of hydrogen-bond acceptors (Lipinski definition) is 3. The Balaban J connectivity index is 2.45. The largest absolute Gasteiger partial charge is 0.363 e. The van der Waals surface area contributed by atoms with Crippen LogP contribution in [-0.4, -0.2) is 23.5 Å². The number of nitrogens with one attached hydrogen (secondary N) is 1. The fourth-order valence-corrected chi connectivity index (χ4v) is 2.07. The molecule has 0 amide bonds. The van der Waals surface area contributed by atoms with Crippen molar-refractivity contribution < 1.29 is 0 Å². The van der Waals surface area contributed by atoms with E-state index in [2.05, 4.69) is 38.0 Å². The number of hydrogen-bond donors (Lipinski definition) is 1. The van der Waals surface area contributed by atoms with Gasteiger partial charge in [-0.25, -0.2) is 0 Å². The van der Waals surface area contributed by atoms with Crippen molar-refractivity contribution in [2.75, 3.05) is 12.3 Å². The molecule has 0 atom stereocenters. The van der Waals surface area contributed by atoms with Crippen LogP contribution in [0.1, 0.15) is 27.7 Å². The van der Waals surface area contributed by atoms with E-state index in [9.17, 15) is 0 Å². The minimum absolute atomic E-state index is 0.382. The van der Waals surface area contributed by atoms with Crippen molar-refractivity contribution >= 4 is 16.9 Å². The zero-order valence-electron chi connectivity index (χ0n) is 8.35. The van der Waals surface area contributed by atoms with Crippen LogP contribution < -0.4 is 5.32 Å². The Bertz CT molecular complexity index is 185. The van der Waals surface area contributed by atoms with Crippen LogP contribution in [0.5, 0.6) is 0 Å². The van der Waals surface area contributed by atoms with Gasteiger partial charge in [-0.3, -0.25) is 4.99 Å². The summed E-state index contributed by atoms with van der Waals surface area (Å²) in [7, 11) is 0. The van der Waals surface area contributed by atoms with Crippen molar-refractivity contribution in [1.82, 2.24) is 5.32 Å². The first-order valence-corrected chi connectivity index (χ1v) is 5.42. The fraction of sp³-hybridized carbons (Fsp3) is 0.889. The lowest BCUT2D eigenvalue weighted by atomic mass is 9.97. The molecule has 0 spiro atoms. The third-order valence-corrected chi connectivity index (χ3v) is 3.11. The Morgan fingerprint density at radius 1 is 1.50 bits per heavy atom. The zero-order chi connectivity index (χ0) is 9.19. The van der Waals surface area contributed by atoms with E-state index in [0.717, 1.165) is 11.7 Å². The molecular weight excluding hydrogens is 168 g/mol. The van der Waals surface area contributed by atoms with E-state index in [1.165, 1.54) is 5.75 Å². The van der Waals surface area contributed by atoms with Gasteiger partial charge in [0.15, 0.2) is 5.17 Å². The zero-order valence-corrected chi connectivity index (χ0v) is 9.16. The normalized spacial score (nSPS) is 22.2. The van der Waals surface area contributed by atoms with Crippen LogP contribution in [0, 0.1) is 5.41 Å². The average Bonchev–Trinajstić information content (AvgIpc) is 1.93. The van der Waals surface area contributed by atoms with Gasteiger partial charge in [0.25, 0.3) is 0 Å². The van der Waals surface area contributed by atoms with E-state index in [1.54, 1.807) is 0 Å². The van der Waals surface area contributed by atoms with Gasteiger partial charge >= 0.3 is 0 Å². The van der Waals surface area contributed by atoms with Crippen LogP contribution in [0.3, 0.4) is 0 Å². The van der Waals surface area contributed by atoms with Crippen molar-refractivity contribution in [1.29, 1.82) is 0 Å². The molecule has 1 aliphatic heterocycles. The lowest BCUT2D eigenvalue weighted by molar-refractivity contribution is 0.436. The second-order valence-electron chi connectivity index (χ2n) is 4.37. The summed E-state index contributed by atoms with van der Waals surface area (Å²) in [4.78, 5) is 4.49. The van der Waals surface area contributed by atoms with Crippen LogP contribution in [0.15, 0.2) is 4.99 Å². The summed E-state index contributed by atoms with van der Waals surface area (Å²) in [5.74, 6) is 1.17. The third kappa shape index (κ3) is 3.05. The summed E-state index contributed by atoms with van der Waals surface area (Å²) in [5, 5.41) is 4.45. The molecule has 0 aromatic heterocycles. The lowest BCUT2D eigenvalue weighted by Crippen LogP contribution is -2.34. The lowest BCUT2D eigenvalue weighted by Gasteiger charge is -2.28. The molecule has 0 aromatic carbocycles. The van der Waals surface area contributed by atoms with E-state index in [4.69, 9.17) is 0 Å². The summed E-state index contributed by atoms with van der Waals surface area (Å²) in [6.07, 6.45) is 0. The molecule has 0 saturated carbocycles. The monoisotopic (exact) mass is 186 g/mol. The summed E-state index contributed by atoms with van der Waals surface area (Å²) < 4.78 is 0. The second kappa shape index (κ2) is 3.69. The molecule has 12 heavy (non-hydrogen) atoms. The van der Waals surface area contributed by atoms with Gasteiger partial charge in [-0.2, -0.15) is 0 Å². The van der Waals surface area contributed by atoms with Crippen molar-refractivity contribution in [3.8, 4) is 0 Å². The SMILES string of the molecule is CC(C)NC1=NCC(C)(C)CS1. The highest BCUT2D eigenvalue weighted by atomic mass is 32.2.